The summed E-state index contributed by atoms with van der Waals surface area (Å²) >= 11 is 5.97. The number of aryl methyl sites for hydroxylation is 1. The molecule has 2 aromatic carbocycles. The second kappa shape index (κ2) is 7.25. The van der Waals surface area contributed by atoms with Crippen LogP contribution in [0.3, 0.4) is 0 Å². The third-order valence-corrected chi connectivity index (χ3v) is 3.57. The Hall–Kier alpha value is -1.84. The molecule has 3 nitrogen and oxygen atoms in total. The lowest BCUT2D eigenvalue weighted by atomic mass is 10.1. The number of hydrogen-bond donors (Lipinski definition) is 2. The minimum atomic E-state index is -0.0572. The lowest BCUT2D eigenvalue weighted by Gasteiger charge is -2.15. The first-order valence-electron chi connectivity index (χ1n) is 6.90. The summed E-state index contributed by atoms with van der Waals surface area (Å²) in [6, 6.07) is 15.4. The molecule has 1 atom stereocenters. The predicted molar refractivity (Wildman–Crippen MR) is 87.7 cm³/mol. The van der Waals surface area contributed by atoms with Crippen molar-refractivity contribution in [2.75, 3.05) is 11.9 Å². The van der Waals surface area contributed by atoms with Crippen molar-refractivity contribution in [3.63, 3.8) is 0 Å². The molecule has 110 valence electrons. The summed E-state index contributed by atoms with van der Waals surface area (Å²) in [5, 5.41) is 6.80. The average Bonchev–Trinajstić information content (AvgIpc) is 2.47. The van der Waals surface area contributed by atoms with Crippen molar-refractivity contribution in [3.8, 4) is 0 Å². The van der Waals surface area contributed by atoms with E-state index in [1.807, 2.05) is 62.4 Å². The Bertz CT molecular complexity index is 628. The van der Waals surface area contributed by atoms with Gasteiger partial charge in [0.15, 0.2) is 0 Å². The second-order valence-corrected chi connectivity index (χ2v) is 5.46. The van der Waals surface area contributed by atoms with Crippen LogP contribution in [0.2, 0.25) is 5.02 Å². The van der Waals surface area contributed by atoms with Gasteiger partial charge in [-0.2, -0.15) is 0 Å². The maximum Gasteiger partial charge on any atom is 0.238 e. The molecule has 0 fully saturated rings. The highest BCUT2D eigenvalue weighted by atomic mass is 35.5. The van der Waals surface area contributed by atoms with Crippen molar-refractivity contribution < 1.29 is 4.79 Å². The summed E-state index contributed by atoms with van der Waals surface area (Å²) in [6.45, 7) is 4.23. The molecule has 0 saturated carbocycles. The van der Waals surface area contributed by atoms with Gasteiger partial charge in [0, 0.05) is 16.8 Å². The molecule has 0 heterocycles. The van der Waals surface area contributed by atoms with Crippen LogP contribution in [0, 0.1) is 6.92 Å². The van der Waals surface area contributed by atoms with Crippen LogP contribution in [0.1, 0.15) is 24.1 Å². The Labute approximate surface area is 130 Å². The van der Waals surface area contributed by atoms with Gasteiger partial charge in [-0.3, -0.25) is 4.79 Å². The van der Waals surface area contributed by atoms with E-state index in [0.29, 0.717) is 5.02 Å². The van der Waals surface area contributed by atoms with Gasteiger partial charge in [0.05, 0.1) is 6.54 Å². The van der Waals surface area contributed by atoms with E-state index in [0.717, 1.165) is 16.8 Å². The zero-order valence-electron chi connectivity index (χ0n) is 12.2. The third-order valence-electron chi connectivity index (χ3n) is 3.34. The van der Waals surface area contributed by atoms with Gasteiger partial charge < -0.3 is 10.6 Å². The minimum Gasteiger partial charge on any atom is -0.325 e. The van der Waals surface area contributed by atoms with Gasteiger partial charge in [-0.1, -0.05) is 41.9 Å². The quantitative estimate of drug-likeness (QED) is 0.878. The number of carbonyl (C=O) groups excluding carboxylic acids is 1. The fraction of sp³-hybridized carbons (Fsp3) is 0.235. The average molecular weight is 303 g/mol. The van der Waals surface area contributed by atoms with E-state index in [1.54, 1.807) is 0 Å². The molecule has 2 rings (SSSR count). The van der Waals surface area contributed by atoms with E-state index >= 15 is 0 Å². The lowest BCUT2D eigenvalue weighted by molar-refractivity contribution is -0.115. The molecule has 0 unspecified atom stereocenters. The number of amides is 1. The highest BCUT2D eigenvalue weighted by Gasteiger charge is 2.09. The molecule has 2 N–H and O–H groups in total. The molecule has 21 heavy (non-hydrogen) atoms. The topological polar surface area (TPSA) is 41.1 Å². The van der Waals surface area contributed by atoms with Crippen LogP contribution in [-0.4, -0.2) is 12.5 Å². The fourth-order valence-corrected chi connectivity index (χ4v) is 2.25. The first-order chi connectivity index (χ1) is 10.1. The van der Waals surface area contributed by atoms with Gasteiger partial charge in [0.2, 0.25) is 5.91 Å². The van der Waals surface area contributed by atoms with Crippen LogP contribution < -0.4 is 10.6 Å². The number of halogens is 1. The summed E-state index contributed by atoms with van der Waals surface area (Å²) in [5.41, 5.74) is 2.96. The summed E-state index contributed by atoms with van der Waals surface area (Å²) < 4.78 is 0. The van der Waals surface area contributed by atoms with Crippen molar-refractivity contribution in [1.29, 1.82) is 0 Å². The SMILES string of the molecule is Cc1ccccc1NC(=O)CN[C@H](C)c1cccc(Cl)c1. The summed E-state index contributed by atoms with van der Waals surface area (Å²) in [7, 11) is 0. The van der Waals surface area contributed by atoms with Crippen LogP contribution in [0.15, 0.2) is 48.5 Å². The molecular weight excluding hydrogens is 284 g/mol. The molecular formula is C17H19ClN2O. The molecule has 2 aromatic rings. The molecule has 0 saturated heterocycles. The number of carbonyl (C=O) groups is 1. The van der Waals surface area contributed by atoms with Crippen LogP contribution in [0.4, 0.5) is 5.69 Å². The highest BCUT2D eigenvalue weighted by molar-refractivity contribution is 6.30. The number of rotatable bonds is 5. The third kappa shape index (κ3) is 4.59. The lowest BCUT2D eigenvalue weighted by Crippen LogP contribution is -2.30. The van der Waals surface area contributed by atoms with Crippen LogP contribution in [-0.2, 0) is 4.79 Å². The maximum absolute atomic E-state index is 12.0. The number of para-hydroxylation sites is 1. The number of nitrogens with one attached hydrogen (secondary N) is 2. The van der Waals surface area contributed by atoms with E-state index in [9.17, 15) is 4.79 Å². The van der Waals surface area contributed by atoms with E-state index in [4.69, 9.17) is 11.6 Å². The Morgan fingerprint density at radius 2 is 1.95 bits per heavy atom. The first-order valence-corrected chi connectivity index (χ1v) is 7.28. The molecule has 0 aliphatic heterocycles. The summed E-state index contributed by atoms with van der Waals surface area (Å²) in [5.74, 6) is -0.0572. The van der Waals surface area contributed by atoms with Gasteiger partial charge in [0.1, 0.15) is 0 Å². The highest BCUT2D eigenvalue weighted by Crippen LogP contribution is 2.17. The summed E-state index contributed by atoms with van der Waals surface area (Å²) in [6.07, 6.45) is 0. The molecule has 0 aliphatic rings. The second-order valence-electron chi connectivity index (χ2n) is 5.02. The minimum absolute atomic E-state index is 0.0572. The molecule has 0 aliphatic carbocycles. The van der Waals surface area contributed by atoms with Crippen molar-refractivity contribution in [1.82, 2.24) is 5.32 Å². The Morgan fingerprint density at radius 1 is 1.19 bits per heavy atom. The Balaban J connectivity index is 1.88. The van der Waals surface area contributed by atoms with Crippen molar-refractivity contribution in [3.05, 3.63) is 64.7 Å². The largest absolute Gasteiger partial charge is 0.325 e. The zero-order valence-corrected chi connectivity index (χ0v) is 12.9. The number of benzene rings is 2. The number of anilines is 1. The molecule has 0 spiro atoms. The Morgan fingerprint density at radius 3 is 2.67 bits per heavy atom. The Kier molecular flexibility index (Phi) is 5.37. The van der Waals surface area contributed by atoms with E-state index < -0.39 is 0 Å². The van der Waals surface area contributed by atoms with Crippen molar-refractivity contribution in [2.45, 2.75) is 19.9 Å². The molecule has 1 amide bonds. The first kappa shape index (κ1) is 15.5. The van der Waals surface area contributed by atoms with Crippen molar-refractivity contribution in [2.24, 2.45) is 0 Å². The predicted octanol–water partition coefficient (Wildman–Crippen LogP) is 3.94. The van der Waals surface area contributed by atoms with Crippen LogP contribution in [0.5, 0.6) is 0 Å². The number of hydrogen-bond acceptors (Lipinski definition) is 2. The van der Waals surface area contributed by atoms with Gasteiger partial charge in [0.25, 0.3) is 0 Å². The van der Waals surface area contributed by atoms with E-state index in [-0.39, 0.29) is 18.5 Å². The normalized spacial score (nSPS) is 12.0. The molecule has 4 heteroatoms. The van der Waals surface area contributed by atoms with Gasteiger partial charge in [-0.25, -0.2) is 0 Å². The molecule has 0 aromatic heterocycles. The van der Waals surface area contributed by atoms with Gasteiger partial charge >= 0.3 is 0 Å². The fourth-order valence-electron chi connectivity index (χ4n) is 2.05. The standard InChI is InChI=1S/C17H19ClN2O/c1-12-6-3-4-9-16(12)20-17(21)11-19-13(2)14-7-5-8-15(18)10-14/h3-10,13,19H,11H2,1-2H3,(H,20,21)/t13-/m1/s1. The molecule has 0 bridgehead atoms. The smallest absolute Gasteiger partial charge is 0.238 e. The van der Waals surface area contributed by atoms with Crippen LogP contribution in [0.25, 0.3) is 0 Å². The van der Waals surface area contributed by atoms with Crippen LogP contribution >= 0.6 is 11.6 Å². The maximum atomic E-state index is 12.0. The zero-order chi connectivity index (χ0) is 15.2. The van der Waals surface area contributed by atoms with Crippen molar-refractivity contribution >= 4 is 23.2 Å². The monoisotopic (exact) mass is 302 g/mol. The van der Waals surface area contributed by atoms with E-state index in [2.05, 4.69) is 10.6 Å². The molecule has 0 radical (unpaired) electrons. The van der Waals surface area contributed by atoms with E-state index in [1.165, 1.54) is 0 Å². The van der Waals surface area contributed by atoms with Gasteiger partial charge in [-0.15, -0.1) is 0 Å². The van der Waals surface area contributed by atoms with Gasteiger partial charge in [-0.05, 0) is 43.2 Å². The summed E-state index contributed by atoms with van der Waals surface area (Å²) in [4.78, 5) is 12.0.